The Labute approximate surface area is 157 Å². The SMILES string of the molecule is Cc1cn(Cc2ccccc2)nc1NC(=O)c1ccc(F)c2c1CCNC2. The van der Waals surface area contributed by atoms with Crippen molar-refractivity contribution in [2.24, 2.45) is 0 Å². The summed E-state index contributed by atoms with van der Waals surface area (Å²) in [4.78, 5) is 12.8. The van der Waals surface area contributed by atoms with E-state index >= 15 is 0 Å². The van der Waals surface area contributed by atoms with Gasteiger partial charge in [0.05, 0.1) is 6.54 Å². The highest BCUT2D eigenvalue weighted by atomic mass is 19.1. The Morgan fingerprint density at radius 1 is 1.22 bits per heavy atom. The first-order valence-corrected chi connectivity index (χ1v) is 9.02. The van der Waals surface area contributed by atoms with Gasteiger partial charge in [-0.25, -0.2) is 4.39 Å². The molecule has 3 aromatic rings. The van der Waals surface area contributed by atoms with Gasteiger partial charge >= 0.3 is 0 Å². The van der Waals surface area contributed by atoms with Gasteiger partial charge in [-0.05, 0) is 43.1 Å². The summed E-state index contributed by atoms with van der Waals surface area (Å²) in [5.74, 6) is 0.0150. The first-order valence-electron chi connectivity index (χ1n) is 9.02. The fourth-order valence-corrected chi connectivity index (χ4v) is 3.45. The highest BCUT2D eigenvalue weighted by molar-refractivity contribution is 6.05. The van der Waals surface area contributed by atoms with Crippen LogP contribution in [0.4, 0.5) is 10.2 Å². The van der Waals surface area contributed by atoms with Gasteiger partial charge in [-0.1, -0.05) is 30.3 Å². The molecule has 0 saturated heterocycles. The van der Waals surface area contributed by atoms with Crippen molar-refractivity contribution in [1.29, 1.82) is 0 Å². The number of halogens is 1. The fraction of sp³-hybridized carbons (Fsp3) is 0.238. The van der Waals surface area contributed by atoms with E-state index in [1.54, 1.807) is 6.07 Å². The molecule has 2 aromatic carbocycles. The minimum Gasteiger partial charge on any atom is -0.312 e. The summed E-state index contributed by atoms with van der Waals surface area (Å²) < 4.78 is 15.8. The minimum absolute atomic E-state index is 0.249. The lowest BCUT2D eigenvalue weighted by Gasteiger charge is -2.20. The Bertz CT molecular complexity index is 981. The number of hydrogen-bond donors (Lipinski definition) is 2. The summed E-state index contributed by atoms with van der Waals surface area (Å²) in [6, 6.07) is 12.9. The number of nitrogens with zero attached hydrogens (tertiary/aromatic N) is 2. The Kier molecular flexibility index (Phi) is 4.73. The first kappa shape index (κ1) is 17.4. The fourth-order valence-electron chi connectivity index (χ4n) is 3.45. The van der Waals surface area contributed by atoms with E-state index in [-0.39, 0.29) is 11.7 Å². The molecule has 2 heterocycles. The van der Waals surface area contributed by atoms with Crippen LogP contribution in [0, 0.1) is 12.7 Å². The summed E-state index contributed by atoms with van der Waals surface area (Å²) in [5, 5.41) is 10.5. The maximum Gasteiger partial charge on any atom is 0.257 e. The molecule has 0 radical (unpaired) electrons. The van der Waals surface area contributed by atoms with Crippen LogP contribution in [-0.4, -0.2) is 22.2 Å². The second-order valence-corrected chi connectivity index (χ2v) is 6.78. The van der Waals surface area contributed by atoms with Crippen LogP contribution >= 0.6 is 0 Å². The van der Waals surface area contributed by atoms with Crippen LogP contribution in [0.5, 0.6) is 0 Å². The smallest absolute Gasteiger partial charge is 0.257 e. The van der Waals surface area contributed by atoms with Crippen molar-refractivity contribution in [3.63, 3.8) is 0 Å². The summed E-state index contributed by atoms with van der Waals surface area (Å²) in [6.45, 7) is 3.73. The lowest BCUT2D eigenvalue weighted by molar-refractivity contribution is 0.102. The third-order valence-electron chi connectivity index (χ3n) is 4.84. The molecule has 0 saturated carbocycles. The molecule has 0 unspecified atom stereocenters. The molecular weight excluding hydrogens is 343 g/mol. The highest BCUT2D eigenvalue weighted by Gasteiger charge is 2.21. The van der Waals surface area contributed by atoms with Crippen molar-refractivity contribution in [1.82, 2.24) is 15.1 Å². The summed E-state index contributed by atoms with van der Waals surface area (Å²) >= 11 is 0. The quantitative estimate of drug-likeness (QED) is 0.747. The molecule has 0 atom stereocenters. The molecule has 1 aliphatic heterocycles. The Balaban J connectivity index is 1.55. The van der Waals surface area contributed by atoms with Crippen LogP contribution in [0.2, 0.25) is 0 Å². The zero-order valence-corrected chi connectivity index (χ0v) is 15.1. The van der Waals surface area contributed by atoms with E-state index in [0.717, 1.165) is 23.2 Å². The number of carbonyl (C=O) groups is 1. The van der Waals surface area contributed by atoms with Gasteiger partial charge in [0, 0.05) is 29.4 Å². The zero-order valence-electron chi connectivity index (χ0n) is 15.1. The Morgan fingerprint density at radius 3 is 2.85 bits per heavy atom. The topological polar surface area (TPSA) is 59.0 Å². The number of nitrogens with one attached hydrogen (secondary N) is 2. The molecule has 1 amide bonds. The average molecular weight is 364 g/mol. The van der Waals surface area contributed by atoms with E-state index in [1.807, 2.05) is 48.1 Å². The van der Waals surface area contributed by atoms with E-state index < -0.39 is 0 Å². The number of benzene rings is 2. The lowest BCUT2D eigenvalue weighted by atomic mass is 9.94. The molecule has 1 aromatic heterocycles. The molecule has 138 valence electrons. The van der Waals surface area contributed by atoms with Crippen molar-refractivity contribution >= 4 is 11.7 Å². The number of amides is 1. The standard InChI is InChI=1S/C21H21FN4O/c1-14-12-26(13-15-5-3-2-4-6-15)25-20(14)24-21(27)17-7-8-19(22)18-11-23-10-9-16(17)18/h2-8,12,23H,9-11,13H2,1H3,(H,24,25,27). The van der Waals surface area contributed by atoms with Crippen molar-refractivity contribution in [3.8, 4) is 0 Å². The second-order valence-electron chi connectivity index (χ2n) is 6.78. The summed E-state index contributed by atoms with van der Waals surface area (Å²) in [5.41, 5.74) is 3.91. The number of aryl methyl sites for hydroxylation is 1. The second kappa shape index (κ2) is 7.32. The van der Waals surface area contributed by atoms with Gasteiger partial charge in [0.25, 0.3) is 5.91 Å². The van der Waals surface area contributed by atoms with Crippen LogP contribution in [0.25, 0.3) is 0 Å². The number of fused-ring (bicyclic) bond motifs is 1. The van der Waals surface area contributed by atoms with Crippen molar-refractivity contribution < 1.29 is 9.18 Å². The van der Waals surface area contributed by atoms with Crippen LogP contribution in [0.3, 0.4) is 0 Å². The molecule has 0 spiro atoms. The molecule has 0 bridgehead atoms. The monoisotopic (exact) mass is 364 g/mol. The Hall–Kier alpha value is -2.99. The van der Waals surface area contributed by atoms with Gasteiger partial charge in [0.15, 0.2) is 5.82 Å². The van der Waals surface area contributed by atoms with Gasteiger partial charge in [-0.15, -0.1) is 0 Å². The van der Waals surface area contributed by atoms with Crippen molar-refractivity contribution in [2.45, 2.75) is 26.4 Å². The predicted octanol–water partition coefficient (Wildman–Crippen LogP) is 3.28. The third kappa shape index (κ3) is 3.61. The largest absolute Gasteiger partial charge is 0.312 e. The number of rotatable bonds is 4. The maximum atomic E-state index is 14.0. The number of aromatic nitrogens is 2. The van der Waals surface area contributed by atoms with Crippen molar-refractivity contribution in [2.75, 3.05) is 11.9 Å². The third-order valence-corrected chi connectivity index (χ3v) is 4.84. The van der Waals surface area contributed by atoms with Crippen LogP contribution in [-0.2, 0) is 19.5 Å². The summed E-state index contributed by atoms with van der Waals surface area (Å²) in [7, 11) is 0. The van der Waals surface area contributed by atoms with E-state index in [4.69, 9.17) is 0 Å². The molecule has 5 nitrogen and oxygen atoms in total. The number of carbonyl (C=O) groups excluding carboxylic acids is 1. The molecule has 0 fully saturated rings. The van der Waals surface area contributed by atoms with Gasteiger partial charge in [-0.3, -0.25) is 9.48 Å². The first-order chi connectivity index (χ1) is 13.1. The summed E-state index contributed by atoms with van der Waals surface area (Å²) in [6.07, 6.45) is 2.55. The van der Waals surface area contributed by atoms with E-state index in [2.05, 4.69) is 15.7 Å². The lowest BCUT2D eigenvalue weighted by Crippen LogP contribution is -2.28. The molecule has 4 rings (SSSR count). The minimum atomic E-state index is -0.267. The predicted molar refractivity (Wildman–Crippen MR) is 102 cm³/mol. The maximum absolute atomic E-state index is 14.0. The van der Waals surface area contributed by atoms with E-state index in [9.17, 15) is 9.18 Å². The molecule has 27 heavy (non-hydrogen) atoms. The zero-order chi connectivity index (χ0) is 18.8. The van der Waals surface area contributed by atoms with Gasteiger partial charge in [0.1, 0.15) is 5.82 Å². The van der Waals surface area contributed by atoms with Crippen LogP contribution < -0.4 is 10.6 Å². The molecule has 0 aliphatic carbocycles. The Morgan fingerprint density at radius 2 is 2.04 bits per heavy atom. The van der Waals surface area contributed by atoms with E-state index in [0.29, 0.717) is 36.5 Å². The van der Waals surface area contributed by atoms with Gasteiger partial charge in [-0.2, -0.15) is 5.10 Å². The average Bonchev–Trinajstić information content (AvgIpc) is 3.02. The van der Waals surface area contributed by atoms with E-state index in [1.165, 1.54) is 6.07 Å². The van der Waals surface area contributed by atoms with Gasteiger partial charge < -0.3 is 10.6 Å². The number of anilines is 1. The van der Waals surface area contributed by atoms with Crippen molar-refractivity contribution in [3.05, 3.63) is 82.3 Å². The molecule has 2 N–H and O–H groups in total. The molecular formula is C21H21FN4O. The van der Waals surface area contributed by atoms with Crippen LogP contribution in [0.1, 0.15) is 32.6 Å². The van der Waals surface area contributed by atoms with Gasteiger partial charge in [0.2, 0.25) is 0 Å². The highest BCUT2D eigenvalue weighted by Crippen LogP contribution is 2.23. The molecule has 1 aliphatic rings. The van der Waals surface area contributed by atoms with Crippen LogP contribution in [0.15, 0.2) is 48.7 Å². The molecule has 6 heteroatoms. The number of hydrogen-bond acceptors (Lipinski definition) is 3. The normalized spacial score (nSPS) is 13.3.